The summed E-state index contributed by atoms with van der Waals surface area (Å²) in [6.45, 7) is 3.67. The molecule has 2 rings (SSSR count). The van der Waals surface area contributed by atoms with Crippen molar-refractivity contribution in [3.8, 4) is 0 Å². The maximum absolute atomic E-state index is 11.0. The van der Waals surface area contributed by atoms with E-state index in [0.29, 0.717) is 19.7 Å². The van der Waals surface area contributed by atoms with Crippen LogP contribution in [0, 0.1) is 10.1 Å². The molecule has 1 fully saturated rings. The summed E-state index contributed by atoms with van der Waals surface area (Å²) in [6.07, 6.45) is 2.05. The fourth-order valence-corrected chi connectivity index (χ4v) is 1.99. The van der Waals surface area contributed by atoms with Crippen molar-refractivity contribution in [2.75, 3.05) is 24.6 Å². The average molecular weight is 273 g/mol. The lowest BCUT2D eigenvalue weighted by Gasteiger charge is -2.32. The third-order valence-electron chi connectivity index (χ3n) is 2.81. The van der Waals surface area contributed by atoms with Crippen LogP contribution >= 0.6 is 11.6 Å². The summed E-state index contributed by atoms with van der Waals surface area (Å²) in [7, 11) is 0. The van der Waals surface area contributed by atoms with Crippen molar-refractivity contribution < 1.29 is 9.66 Å². The topological polar surface area (TPSA) is 81.4 Å². The van der Waals surface area contributed by atoms with Crippen molar-refractivity contribution in [1.82, 2.24) is 9.97 Å². The van der Waals surface area contributed by atoms with E-state index in [9.17, 15) is 10.1 Å². The fourth-order valence-electron chi connectivity index (χ4n) is 1.87. The minimum atomic E-state index is -0.498. The van der Waals surface area contributed by atoms with E-state index in [4.69, 9.17) is 16.3 Å². The summed E-state index contributed by atoms with van der Waals surface area (Å²) in [5, 5.41) is 11.0. The van der Waals surface area contributed by atoms with Crippen LogP contribution in [0.2, 0.25) is 5.28 Å². The summed E-state index contributed by atoms with van der Waals surface area (Å²) in [5.41, 5.74) is -0.129. The summed E-state index contributed by atoms with van der Waals surface area (Å²) in [4.78, 5) is 19.9. The number of anilines is 1. The predicted octanol–water partition coefficient (Wildman–Crippen LogP) is 1.65. The molecule has 1 atom stereocenters. The third-order valence-corrected chi connectivity index (χ3v) is 2.99. The number of halogens is 1. The standard InChI is InChI=1S/C10H13ClN4O3/c1-2-7-6-14(3-4-18-7)9-8(15(16)17)5-12-10(11)13-9/h5,7H,2-4,6H2,1H3. The quantitative estimate of drug-likeness (QED) is 0.473. The van der Waals surface area contributed by atoms with Gasteiger partial charge in [-0.05, 0) is 18.0 Å². The van der Waals surface area contributed by atoms with Gasteiger partial charge in [0.1, 0.15) is 6.20 Å². The number of hydrogen-bond acceptors (Lipinski definition) is 6. The molecule has 0 radical (unpaired) electrons. The lowest BCUT2D eigenvalue weighted by atomic mass is 10.2. The second-order valence-corrected chi connectivity index (χ2v) is 4.29. The molecule has 0 aliphatic carbocycles. The minimum absolute atomic E-state index is 0.00939. The minimum Gasteiger partial charge on any atom is -0.375 e. The van der Waals surface area contributed by atoms with Crippen LogP contribution in [-0.2, 0) is 4.74 Å². The molecule has 2 heterocycles. The van der Waals surface area contributed by atoms with E-state index in [1.54, 1.807) is 0 Å². The SMILES string of the molecule is CCC1CN(c2nc(Cl)ncc2[N+](=O)[O-])CCO1. The molecule has 98 valence electrons. The van der Waals surface area contributed by atoms with Crippen LogP contribution in [0.4, 0.5) is 11.5 Å². The average Bonchev–Trinajstić information content (AvgIpc) is 2.38. The highest BCUT2D eigenvalue weighted by atomic mass is 35.5. The smallest absolute Gasteiger partial charge is 0.329 e. The Morgan fingerprint density at radius 1 is 1.72 bits per heavy atom. The van der Waals surface area contributed by atoms with Crippen LogP contribution in [0.15, 0.2) is 6.20 Å². The highest BCUT2D eigenvalue weighted by Gasteiger charge is 2.27. The Morgan fingerprint density at radius 3 is 3.17 bits per heavy atom. The zero-order valence-electron chi connectivity index (χ0n) is 9.87. The maximum atomic E-state index is 11.0. The van der Waals surface area contributed by atoms with E-state index < -0.39 is 4.92 Å². The van der Waals surface area contributed by atoms with E-state index in [0.717, 1.165) is 12.6 Å². The first-order chi connectivity index (χ1) is 8.61. The van der Waals surface area contributed by atoms with E-state index >= 15 is 0 Å². The Hall–Kier alpha value is -1.47. The van der Waals surface area contributed by atoms with Gasteiger partial charge in [-0.1, -0.05) is 6.92 Å². The van der Waals surface area contributed by atoms with Crippen LogP contribution in [0.1, 0.15) is 13.3 Å². The zero-order valence-corrected chi connectivity index (χ0v) is 10.6. The van der Waals surface area contributed by atoms with Gasteiger partial charge in [0.05, 0.1) is 17.6 Å². The van der Waals surface area contributed by atoms with Gasteiger partial charge in [-0.3, -0.25) is 10.1 Å². The molecule has 1 aromatic rings. The van der Waals surface area contributed by atoms with E-state index in [1.165, 1.54) is 0 Å². The molecule has 1 unspecified atom stereocenters. The fraction of sp³-hybridized carbons (Fsp3) is 0.600. The van der Waals surface area contributed by atoms with E-state index in [-0.39, 0.29) is 22.9 Å². The molecule has 0 saturated carbocycles. The van der Waals surface area contributed by atoms with Gasteiger partial charge < -0.3 is 9.64 Å². The molecule has 7 nitrogen and oxygen atoms in total. The van der Waals surface area contributed by atoms with Crippen molar-refractivity contribution in [3.05, 3.63) is 21.6 Å². The van der Waals surface area contributed by atoms with Crippen LogP contribution in [-0.4, -0.2) is 40.7 Å². The second-order valence-electron chi connectivity index (χ2n) is 3.95. The van der Waals surface area contributed by atoms with Crippen LogP contribution in [0.25, 0.3) is 0 Å². The molecule has 8 heteroatoms. The molecule has 0 amide bonds. The molecule has 1 aliphatic rings. The molecule has 1 aromatic heterocycles. The van der Waals surface area contributed by atoms with E-state index in [2.05, 4.69) is 9.97 Å². The van der Waals surface area contributed by atoms with Gasteiger partial charge in [-0.2, -0.15) is 4.98 Å². The molecular formula is C10H13ClN4O3. The second kappa shape index (κ2) is 5.45. The number of morpholine rings is 1. The normalized spacial score (nSPS) is 19.9. The van der Waals surface area contributed by atoms with Gasteiger partial charge in [0, 0.05) is 13.1 Å². The molecule has 0 N–H and O–H groups in total. The van der Waals surface area contributed by atoms with Crippen molar-refractivity contribution in [2.45, 2.75) is 19.4 Å². The van der Waals surface area contributed by atoms with Crippen molar-refractivity contribution in [1.29, 1.82) is 0 Å². The largest absolute Gasteiger partial charge is 0.375 e. The van der Waals surface area contributed by atoms with Crippen LogP contribution < -0.4 is 4.90 Å². The van der Waals surface area contributed by atoms with Crippen LogP contribution in [0.3, 0.4) is 0 Å². The lowest BCUT2D eigenvalue weighted by molar-refractivity contribution is -0.384. The molecule has 18 heavy (non-hydrogen) atoms. The van der Waals surface area contributed by atoms with Gasteiger partial charge in [0.2, 0.25) is 11.1 Å². The Labute approximate surface area is 109 Å². The summed E-state index contributed by atoms with van der Waals surface area (Å²) in [5.74, 6) is 0.266. The zero-order chi connectivity index (χ0) is 13.1. The first-order valence-electron chi connectivity index (χ1n) is 5.65. The monoisotopic (exact) mass is 272 g/mol. The van der Waals surface area contributed by atoms with Gasteiger partial charge in [0.25, 0.3) is 0 Å². The van der Waals surface area contributed by atoms with Gasteiger partial charge >= 0.3 is 5.69 Å². The molecular weight excluding hydrogens is 260 g/mol. The molecule has 0 spiro atoms. The highest BCUT2D eigenvalue weighted by molar-refractivity contribution is 6.28. The molecule has 1 saturated heterocycles. The number of nitrogens with zero attached hydrogens (tertiary/aromatic N) is 4. The lowest BCUT2D eigenvalue weighted by Crippen LogP contribution is -2.42. The summed E-state index contributed by atoms with van der Waals surface area (Å²) >= 11 is 5.71. The maximum Gasteiger partial charge on any atom is 0.329 e. The molecule has 0 bridgehead atoms. The Bertz CT molecular complexity index is 457. The summed E-state index contributed by atoms with van der Waals surface area (Å²) < 4.78 is 5.52. The van der Waals surface area contributed by atoms with Crippen molar-refractivity contribution in [3.63, 3.8) is 0 Å². The molecule has 1 aliphatic heterocycles. The summed E-state index contributed by atoms with van der Waals surface area (Å²) in [6, 6.07) is 0. The van der Waals surface area contributed by atoms with Gasteiger partial charge in [0.15, 0.2) is 0 Å². The van der Waals surface area contributed by atoms with Crippen LogP contribution in [0.5, 0.6) is 0 Å². The predicted molar refractivity (Wildman–Crippen MR) is 65.9 cm³/mol. The van der Waals surface area contributed by atoms with Crippen molar-refractivity contribution in [2.24, 2.45) is 0 Å². The van der Waals surface area contributed by atoms with Gasteiger partial charge in [-0.15, -0.1) is 0 Å². The Balaban J connectivity index is 2.31. The number of hydrogen-bond donors (Lipinski definition) is 0. The number of ether oxygens (including phenoxy) is 1. The number of nitro groups is 1. The third kappa shape index (κ3) is 2.68. The van der Waals surface area contributed by atoms with Gasteiger partial charge in [-0.25, -0.2) is 4.98 Å². The molecule has 0 aromatic carbocycles. The first-order valence-corrected chi connectivity index (χ1v) is 6.03. The van der Waals surface area contributed by atoms with Crippen molar-refractivity contribution >= 4 is 23.1 Å². The Morgan fingerprint density at radius 2 is 2.50 bits per heavy atom. The Kier molecular flexibility index (Phi) is 3.93. The van der Waals surface area contributed by atoms with E-state index in [1.807, 2.05) is 11.8 Å². The first kappa shape index (κ1) is 13.0. The number of rotatable bonds is 3. The number of aromatic nitrogens is 2. The highest BCUT2D eigenvalue weighted by Crippen LogP contribution is 2.27.